The van der Waals surface area contributed by atoms with Gasteiger partial charge in [-0.15, -0.1) is 10.2 Å². The van der Waals surface area contributed by atoms with Crippen molar-refractivity contribution >= 4 is 23.4 Å². The standard InChI is InChI=1S/C31H26N4O4S/c1-3-37-30(36)22-14-12-21(13-15-22)25-16-17-26(38-25)28-32-24-7-5-4-6-23(24)27-29(39-28)33-31(35-34-27)40-18-20-10-8-19(2)9-11-20/h4-17,28,32H,3,18H2,1-2H3. The van der Waals surface area contributed by atoms with Gasteiger partial charge in [-0.05, 0) is 49.7 Å². The summed E-state index contributed by atoms with van der Waals surface area (Å²) in [5.74, 6) is 1.95. The van der Waals surface area contributed by atoms with Crippen LogP contribution in [0.1, 0.15) is 40.4 Å². The molecule has 0 spiro atoms. The van der Waals surface area contributed by atoms with E-state index >= 15 is 0 Å². The molecule has 3 aromatic carbocycles. The van der Waals surface area contributed by atoms with Crippen molar-refractivity contribution < 1.29 is 18.7 Å². The Labute approximate surface area is 235 Å². The quantitative estimate of drug-likeness (QED) is 0.168. The molecule has 0 aliphatic carbocycles. The van der Waals surface area contributed by atoms with Crippen LogP contribution in [-0.2, 0) is 10.5 Å². The van der Waals surface area contributed by atoms with E-state index in [0.717, 1.165) is 22.6 Å². The Morgan fingerprint density at radius 3 is 2.58 bits per heavy atom. The third-order valence-corrected chi connectivity index (χ3v) is 7.30. The molecule has 1 atom stereocenters. The van der Waals surface area contributed by atoms with Gasteiger partial charge in [-0.3, -0.25) is 0 Å². The lowest BCUT2D eigenvalue weighted by Crippen LogP contribution is -2.16. The number of carbonyl (C=O) groups excluding carboxylic acids is 1. The van der Waals surface area contributed by atoms with Crippen LogP contribution < -0.4 is 10.1 Å². The van der Waals surface area contributed by atoms with Crippen LogP contribution in [0.4, 0.5) is 5.69 Å². The Morgan fingerprint density at radius 2 is 1.77 bits per heavy atom. The van der Waals surface area contributed by atoms with Crippen molar-refractivity contribution in [2.24, 2.45) is 0 Å². The molecule has 0 saturated carbocycles. The average Bonchev–Trinajstić information content (AvgIpc) is 3.41. The fourth-order valence-corrected chi connectivity index (χ4v) is 5.04. The van der Waals surface area contributed by atoms with Gasteiger partial charge in [-0.2, -0.15) is 4.98 Å². The number of para-hydroxylation sites is 1. The minimum absolute atomic E-state index is 0.330. The van der Waals surface area contributed by atoms with E-state index < -0.39 is 6.23 Å². The minimum atomic E-state index is -0.651. The molecule has 0 radical (unpaired) electrons. The van der Waals surface area contributed by atoms with Gasteiger partial charge in [0, 0.05) is 22.6 Å². The Hall–Kier alpha value is -4.63. The largest absolute Gasteiger partial charge is 0.462 e. The van der Waals surface area contributed by atoms with E-state index in [2.05, 4.69) is 46.7 Å². The molecule has 1 aliphatic rings. The van der Waals surface area contributed by atoms with E-state index in [9.17, 15) is 4.79 Å². The predicted octanol–water partition coefficient (Wildman–Crippen LogP) is 7.08. The van der Waals surface area contributed by atoms with E-state index in [1.807, 2.05) is 48.5 Å². The molecule has 0 amide bonds. The van der Waals surface area contributed by atoms with Crippen LogP contribution in [0.15, 0.2) is 94.5 Å². The molecule has 1 N–H and O–H groups in total. The fourth-order valence-electron chi connectivity index (χ4n) is 4.30. The van der Waals surface area contributed by atoms with Crippen LogP contribution in [0.3, 0.4) is 0 Å². The summed E-state index contributed by atoms with van der Waals surface area (Å²) in [4.78, 5) is 16.7. The Kier molecular flexibility index (Phi) is 7.20. The first-order valence-corrected chi connectivity index (χ1v) is 13.9. The highest BCUT2D eigenvalue weighted by atomic mass is 32.2. The number of benzene rings is 3. The van der Waals surface area contributed by atoms with Gasteiger partial charge < -0.3 is 19.2 Å². The highest BCUT2D eigenvalue weighted by Crippen LogP contribution is 2.40. The van der Waals surface area contributed by atoms with Gasteiger partial charge in [-0.25, -0.2) is 4.79 Å². The maximum atomic E-state index is 12.0. The number of fused-ring (bicyclic) bond motifs is 3. The van der Waals surface area contributed by atoms with Crippen molar-refractivity contribution in [2.75, 3.05) is 11.9 Å². The molecule has 3 heterocycles. The Balaban J connectivity index is 1.26. The van der Waals surface area contributed by atoms with E-state index in [0.29, 0.717) is 40.4 Å². The maximum absolute atomic E-state index is 12.0. The van der Waals surface area contributed by atoms with Crippen molar-refractivity contribution in [1.82, 2.24) is 15.2 Å². The summed E-state index contributed by atoms with van der Waals surface area (Å²) < 4.78 is 17.7. The molecule has 8 nitrogen and oxygen atoms in total. The number of nitrogens with zero attached hydrogens (tertiary/aromatic N) is 3. The summed E-state index contributed by atoms with van der Waals surface area (Å²) in [6.07, 6.45) is -0.651. The molecule has 1 unspecified atom stereocenters. The van der Waals surface area contributed by atoms with Crippen molar-refractivity contribution in [2.45, 2.75) is 31.0 Å². The lowest BCUT2D eigenvalue weighted by Gasteiger charge is -2.16. The summed E-state index contributed by atoms with van der Waals surface area (Å²) in [5.41, 5.74) is 5.95. The summed E-state index contributed by atoms with van der Waals surface area (Å²) in [5, 5.41) is 12.8. The maximum Gasteiger partial charge on any atom is 0.338 e. The number of aromatic nitrogens is 3. The number of rotatable bonds is 7. The first kappa shape index (κ1) is 25.6. The Morgan fingerprint density at radius 1 is 0.975 bits per heavy atom. The summed E-state index contributed by atoms with van der Waals surface area (Å²) in [7, 11) is 0. The molecule has 0 fully saturated rings. The number of thioether (sulfide) groups is 1. The highest BCUT2D eigenvalue weighted by Gasteiger charge is 2.28. The number of ether oxygens (including phenoxy) is 2. The fraction of sp³-hybridized carbons (Fsp3) is 0.161. The first-order chi connectivity index (χ1) is 19.6. The number of nitrogens with one attached hydrogen (secondary N) is 1. The van der Waals surface area contributed by atoms with Crippen LogP contribution in [0.2, 0.25) is 0 Å². The Bertz CT molecular complexity index is 1650. The predicted molar refractivity (Wildman–Crippen MR) is 153 cm³/mol. The topological polar surface area (TPSA) is 99.4 Å². The molecule has 6 rings (SSSR count). The smallest absolute Gasteiger partial charge is 0.338 e. The molecule has 9 heteroatoms. The van der Waals surface area contributed by atoms with Gasteiger partial charge in [0.1, 0.15) is 5.76 Å². The third kappa shape index (κ3) is 5.41. The first-order valence-electron chi connectivity index (χ1n) is 12.9. The van der Waals surface area contributed by atoms with E-state index in [1.54, 1.807) is 19.1 Å². The second-order valence-corrected chi connectivity index (χ2v) is 10.2. The number of carbonyl (C=O) groups is 1. The molecular formula is C31H26N4O4S. The molecule has 0 bridgehead atoms. The van der Waals surface area contributed by atoms with E-state index in [-0.39, 0.29) is 5.97 Å². The third-order valence-electron chi connectivity index (χ3n) is 6.39. The van der Waals surface area contributed by atoms with Crippen LogP contribution in [0.5, 0.6) is 5.88 Å². The summed E-state index contributed by atoms with van der Waals surface area (Å²) in [6.45, 7) is 4.18. The van der Waals surface area contributed by atoms with Gasteiger partial charge in [0.2, 0.25) is 17.3 Å². The number of hydrogen-bond donors (Lipinski definition) is 1. The SMILES string of the molecule is CCOC(=O)c1ccc(-c2ccc(C3Nc4ccccc4-c4nnc(SCc5ccc(C)cc5)nc4O3)o2)cc1. The lowest BCUT2D eigenvalue weighted by molar-refractivity contribution is 0.0526. The lowest BCUT2D eigenvalue weighted by atomic mass is 10.1. The molecule has 5 aromatic rings. The summed E-state index contributed by atoms with van der Waals surface area (Å²) >= 11 is 1.50. The summed E-state index contributed by atoms with van der Waals surface area (Å²) in [6, 6.07) is 27.0. The van der Waals surface area contributed by atoms with Gasteiger partial charge >= 0.3 is 5.97 Å². The number of aryl methyl sites for hydroxylation is 1. The average molecular weight is 551 g/mol. The van der Waals surface area contributed by atoms with Gasteiger partial charge in [-0.1, -0.05) is 71.9 Å². The number of esters is 1. The van der Waals surface area contributed by atoms with E-state index in [4.69, 9.17) is 18.9 Å². The van der Waals surface area contributed by atoms with E-state index in [1.165, 1.54) is 22.9 Å². The van der Waals surface area contributed by atoms with Crippen molar-refractivity contribution in [3.05, 3.63) is 107 Å². The second kappa shape index (κ2) is 11.2. The van der Waals surface area contributed by atoms with Crippen molar-refractivity contribution in [3.8, 4) is 28.5 Å². The number of anilines is 1. The molecular weight excluding hydrogens is 524 g/mol. The van der Waals surface area contributed by atoms with Crippen LogP contribution in [-0.4, -0.2) is 27.8 Å². The van der Waals surface area contributed by atoms with Crippen LogP contribution in [0, 0.1) is 6.92 Å². The zero-order valence-corrected chi connectivity index (χ0v) is 22.8. The molecule has 2 aromatic heterocycles. The van der Waals surface area contributed by atoms with Crippen LogP contribution >= 0.6 is 11.8 Å². The van der Waals surface area contributed by atoms with Crippen LogP contribution in [0.25, 0.3) is 22.6 Å². The van der Waals surface area contributed by atoms with Crippen molar-refractivity contribution in [1.29, 1.82) is 0 Å². The number of furan rings is 1. The normalized spacial score (nSPS) is 13.8. The molecule has 1 aliphatic heterocycles. The molecule has 0 saturated heterocycles. The zero-order valence-electron chi connectivity index (χ0n) is 22.0. The van der Waals surface area contributed by atoms with Crippen molar-refractivity contribution in [3.63, 3.8) is 0 Å². The zero-order chi connectivity index (χ0) is 27.5. The second-order valence-electron chi connectivity index (χ2n) is 9.21. The monoisotopic (exact) mass is 550 g/mol. The molecule has 200 valence electrons. The van der Waals surface area contributed by atoms with Gasteiger partial charge in [0.25, 0.3) is 0 Å². The van der Waals surface area contributed by atoms with Gasteiger partial charge in [0.05, 0.1) is 12.2 Å². The molecule has 40 heavy (non-hydrogen) atoms. The van der Waals surface area contributed by atoms with Gasteiger partial charge in [0.15, 0.2) is 11.5 Å². The number of hydrogen-bond acceptors (Lipinski definition) is 9. The minimum Gasteiger partial charge on any atom is -0.462 e. The highest BCUT2D eigenvalue weighted by molar-refractivity contribution is 7.98.